The van der Waals surface area contributed by atoms with Crippen molar-refractivity contribution in [1.82, 2.24) is 9.88 Å². The largest absolute Gasteiger partial charge is 0.337 e. The van der Waals surface area contributed by atoms with Crippen molar-refractivity contribution in [3.8, 4) is 0 Å². The van der Waals surface area contributed by atoms with E-state index in [9.17, 15) is 13.2 Å². The first-order valence-electron chi connectivity index (χ1n) is 9.38. The van der Waals surface area contributed by atoms with Crippen LogP contribution in [0.15, 0.2) is 70.9 Å². The van der Waals surface area contributed by atoms with Crippen LogP contribution in [0.5, 0.6) is 0 Å². The molecule has 1 atom stereocenters. The van der Waals surface area contributed by atoms with Crippen molar-refractivity contribution in [2.24, 2.45) is 5.92 Å². The minimum atomic E-state index is -3.72. The zero-order valence-corrected chi connectivity index (χ0v) is 17.3. The van der Waals surface area contributed by atoms with Crippen LogP contribution in [0.25, 0.3) is 0 Å². The molecule has 1 aromatic heterocycles. The SMILES string of the molecule is O=C(c1csc(NS(=O)(=O)c2ccccc2)n1)N1CCC(Cc2ccccc2)C1. The predicted octanol–water partition coefficient (Wildman–Crippen LogP) is 3.65. The molecular weight excluding hydrogens is 406 g/mol. The summed E-state index contributed by atoms with van der Waals surface area (Å²) in [5.74, 6) is 0.276. The zero-order chi connectivity index (χ0) is 20.3. The number of aromatic nitrogens is 1. The number of carbonyl (C=O) groups is 1. The van der Waals surface area contributed by atoms with Crippen LogP contribution in [0.3, 0.4) is 0 Å². The molecular formula is C21H21N3O3S2. The fourth-order valence-electron chi connectivity index (χ4n) is 3.49. The highest BCUT2D eigenvalue weighted by Gasteiger charge is 2.28. The Morgan fingerprint density at radius 2 is 1.79 bits per heavy atom. The standard InChI is InChI=1S/C21H21N3O3S2/c25-20(24-12-11-17(14-24)13-16-7-3-1-4-8-16)19-15-28-21(22-19)23-29(26,27)18-9-5-2-6-10-18/h1-10,15,17H,11-14H2,(H,22,23). The van der Waals surface area contributed by atoms with Gasteiger partial charge in [0.1, 0.15) is 5.69 Å². The Hall–Kier alpha value is -2.71. The summed E-state index contributed by atoms with van der Waals surface area (Å²) in [5, 5.41) is 1.80. The summed E-state index contributed by atoms with van der Waals surface area (Å²) in [6.45, 7) is 1.38. The molecule has 0 spiro atoms. The van der Waals surface area contributed by atoms with Gasteiger partial charge in [-0.05, 0) is 36.5 Å². The fraction of sp³-hybridized carbons (Fsp3) is 0.238. The number of anilines is 1. The highest BCUT2D eigenvalue weighted by Crippen LogP contribution is 2.25. The number of nitrogens with one attached hydrogen (secondary N) is 1. The maximum atomic E-state index is 12.8. The van der Waals surface area contributed by atoms with Gasteiger partial charge in [0.05, 0.1) is 4.90 Å². The van der Waals surface area contributed by atoms with Crippen molar-refractivity contribution in [3.63, 3.8) is 0 Å². The van der Waals surface area contributed by atoms with Crippen LogP contribution in [0, 0.1) is 5.92 Å². The smallest absolute Gasteiger partial charge is 0.273 e. The second-order valence-electron chi connectivity index (χ2n) is 7.05. The molecule has 1 aliphatic heterocycles. The highest BCUT2D eigenvalue weighted by molar-refractivity contribution is 7.93. The number of rotatable bonds is 6. The Balaban J connectivity index is 1.39. The lowest BCUT2D eigenvalue weighted by molar-refractivity contribution is 0.0782. The fourth-order valence-corrected chi connectivity index (χ4v) is 5.44. The first-order chi connectivity index (χ1) is 14.0. The first kappa shape index (κ1) is 19.6. The van der Waals surface area contributed by atoms with E-state index in [1.54, 1.807) is 28.5 Å². The lowest BCUT2D eigenvalue weighted by Crippen LogP contribution is -2.29. The molecule has 3 aromatic rings. The molecule has 0 aliphatic carbocycles. The average Bonchev–Trinajstić information content (AvgIpc) is 3.38. The van der Waals surface area contributed by atoms with E-state index in [-0.39, 0.29) is 21.6 Å². The van der Waals surface area contributed by atoms with Gasteiger partial charge in [-0.25, -0.2) is 13.4 Å². The van der Waals surface area contributed by atoms with E-state index in [1.807, 2.05) is 18.2 Å². The summed E-state index contributed by atoms with van der Waals surface area (Å²) in [5.41, 5.74) is 1.55. The van der Waals surface area contributed by atoms with Crippen LogP contribution >= 0.6 is 11.3 Å². The van der Waals surface area contributed by atoms with Gasteiger partial charge < -0.3 is 4.90 Å². The van der Waals surface area contributed by atoms with Gasteiger partial charge in [-0.1, -0.05) is 48.5 Å². The molecule has 6 nitrogen and oxygen atoms in total. The maximum absolute atomic E-state index is 12.8. The van der Waals surface area contributed by atoms with E-state index in [1.165, 1.54) is 17.7 Å². The summed E-state index contributed by atoms with van der Waals surface area (Å²) in [7, 11) is -3.72. The molecule has 1 saturated heterocycles. The number of benzene rings is 2. The normalized spacial score (nSPS) is 16.7. The number of sulfonamides is 1. The summed E-state index contributed by atoms with van der Waals surface area (Å²) in [6, 6.07) is 18.4. The van der Waals surface area contributed by atoms with Crippen LogP contribution in [-0.2, 0) is 16.4 Å². The van der Waals surface area contributed by atoms with Crippen LogP contribution in [0.1, 0.15) is 22.5 Å². The molecule has 0 radical (unpaired) electrons. The third-order valence-corrected chi connectivity index (χ3v) is 7.18. The Morgan fingerprint density at radius 3 is 2.52 bits per heavy atom. The van der Waals surface area contributed by atoms with Gasteiger partial charge in [-0.15, -0.1) is 11.3 Å². The molecule has 1 aliphatic rings. The number of carbonyl (C=O) groups excluding carboxylic acids is 1. The van der Waals surface area contributed by atoms with Gasteiger partial charge in [0.15, 0.2) is 5.13 Å². The van der Waals surface area contributed by atoms with Crippen molar-refractivity contribution < 1.29 is 13.2 Å². The predicted molar refractivity (Wildman–Crippen MR) is 114 cm³/mol. The van der Waals surface area contributed by atoms with E-state index in [0.29, 0.717) is 19.0 Å². The van der Waals surface area contributed by atoms with Crippen LogP contribution in [-0.4, -0.2) is 37.3 Å². The summed E-state index contributed by atoms with van der Waals surface area (Å²) >= 11 is 1.11. The molecule has 8 heteroatoms. The Bertz CT molecular complexity index is 1080. The van der Waals surface area contributed by atoms with Gasteiger partial charge in [-0.2, -0.15) is 0 Å². The quantitative estimate of drug-likeness (QED) is 0.651. The number of hydrogen-bond donors (Lipinski definition) is 1. The molecule has 2 aromatic carbocycles. The number of hydrogen-bond acceptors (Lipinski definition) is 5. The molecule has 1 N–H and O–H groups in total. The second kappa shape index (κ2) is 8.34. The molecule has 150 valence electrons. The van der Waals surface area contributed by atoms with E-state index in [0.717, 1.165) is 24.2 Å². The third-order valence-electron chi connectivity index (χ3n) is 4.94. The maximum Gasteiger partial charge on any atom is 0.273 e. The van der Waals surface area contributed by atoms with E-state index >= 15 is 0 Å². The summed E-state index contributed by atoms with van der Waals surface area (Å²) in [6.07, 6.45) is 1.90. The highest BCUT2D eigenvalue weighted by atomic mass is 32.2. The molecule has 1 unspecified atom stereocenters. The van der Waals surface area contributed by atoms with Crippen LogP contribution in [0.2, 0.25) is 0 Å². The number of likely N-dealkylation sites (tertiary alicyclic amines) is 1. The Morgan fingerprint density at radius 1 is 1.10 bits per heavy atom. The summed E-state index contributed by atoms with van der Waals surface area (Å²) in [4.78, 5) is 19.0. The first-order valence-corrected chi connectivity index (χ1v) is 11.7. The van der Waals surface area contributed by atoms with Gasteiger partial charge in [0.25, 0.3) is 15.9 Å². The molecule has 0 bridgehead atoms. The molecule has 0 saturated carbocycles. The molecule has 29 heavy (non-hydrogen) atoms. The van der Waals surface area contributed by atoms with Gasteiger partial charge in [0, 0.05) is 18.5 Å². The zero-order valence-electron chi connectivity index (χ0n) is 15.7. The Labute approximate surface area is 174 Å². The van der Waals surface area contributed by atoms with E-state index in [2.05, 4.69) is 21.8 Å². The topological polar surface area (TPSA) is 79.4 Å². The molecule has 4 rings (SSSR count). The third kappa shape index (κ3) is 4.65. The minimum absolute atomic E-state index is 0.151. The van der Waals surface area contributed by atoms with Crippen molar-refractivity contribution in [2.75, 3.05) is 17.8 Å². The van der Waals surface area contributed by atoms with Gasteiger partial charge >= 0.3 is 0 Å². The minimum Gasteiger partial charge on any atom is -0.337 e. The molecule has 1 fully saturated rings. The van der Waals surface area contributed by atoms with Crippen LogP contribution < -0.4 is 4.72 Å². The second-order valence-corrected chi connectivity index (χ2v) is 9.59. The lowest BCUT2D eigenvalue weighted by atomic mass is 9.99. The number of amides is 1. The van der Waals surface area contributed by atoms with Gasteiger partial charge in [0.2, 0.25) is 0 Å². The number of nitrogens with zero attached hydrogens (tertiary/aromatic N) is 2. The monoisotopic (exact) mass is 427 g/mol. The van der Waals surface area contributed by atoms with Gasteiger partial charge in [-0.3, -0.25) is 9.52 Å². The van der Waals surface area contributed by atoms with E-state index < -0.39 is 10.0 Å². The summed E-state index contributed by atoms with van der Waals surface area (Å²) < 4.78 is 27.3. The Kier molecular flexibility index (Phi) is 5.64. The van der Waals surface area contributed by atoms with Crippen molar-refractivity contribution >= 4 is 32.4 Å². The van der Waals surface area contributed by atoms with Crippen molar-refractivity contribution in [3.05, 3.63) is 77.3 Å². The lowest BCUT2D eigenvalue weighted by Gasteiger charge is -2.15. The van der Waals surface area contributed by atoms with Crippen molar-refractivity contribution in [2.45, 2.75) is 17.7 Å². The molecule has 1 amide bonds. The average molecular weight is 428 g/mol. The molecule has 2 heterocycles. The van der Waals surface area contributed by atoms with E-state index in [4.69, 9.17) is 0 Å². The van der Waals surface area contributed by atoms with Crippen molar-refractivity contribution in [1.29, 1.82) is 0 Å². The number of thiazole rings is 1. The van der Waals surface area contributed by atoms with Crippen LogP contribution in [0.4, 0.5) is 5.13 Å².